The summed E-state index contributed by atoms with van der Waals surface area (Å²) in [7, 11) is 0. The molecular formula is H2BFeNiWY. The van der Waals surface area contributed by atoms with Crippen molar-refractivity contribution in [1.29, 1.82) is 0 Å². The molecule has 0 bridgehead atoms. The minimum atomic E-state index is 0. The van der Waals surface area contributed by atoms with Gasteiger partial charge in [0.25, 0.3) is 0 Å². The third-order valence-corrected chi connectivity index (χ3v) is 0. The summed E-state index contributed by atoms with van der Waals surface area (Å²) in [5.74, 6) is 0. The molecule has 0 nitrogen and oxygen atoms in total. The molecule has 0 aliphatic heterocycles. The van der Waals surface area contributed by atoms with E-state index in [2.05, 4.69) is 15.3 Å². The fourth-order valence-corrected chi connectivity index (χ4v) is 0. The summed E-state index contributed by atoms with van der Waals surface area (Å²) in [6.45, 7) is 1.62. The average Bonchev–Trinajstić information content (AvgIpc) is 1.00. The van der Waals surface area contributed by atoms with Crippen molar-refractivity contribution in [1.82, 2.24) is 0 Å². The number of rotatable bonds is 0. The molecule has 0 aromatic carbocycles. The van der Waals surface area contributed by atoms with Crippen LogP contribution in [0.1, 0.15) is 0 Å². The monoisotopic (exact) mass is 400 g/mol. The molecule has 0 heterocycles. The van der Waals surface area contributed by atoms with Crippen molar-refractivity contribution in [2.45, 2.75) is 0 Å². The Bertz CT molecular complexity index is 11.6. The van der Waals surface area contributed by atoms with Crippen molar-refractivity contribution in [3.8, 4) is 0 Å². The molecule has 5 heteroatoms. The second-order valence-electron chi connectivity index (χ2n) is 0. The molecule has 0 saturated carbocycles. The first-order chi connectivity index (χ1) is 1.00. The molecule has 0 spiro atoms. The van der Waals surface area contributed by atoms with Crippen molar-refractivity contribution in [3.05, 3.63) is 0 Å². The van der Waals surface area contributed by atoms with E-state index in [-0.39, 0.29) is 70.8 Å². The van der Waals surface area contributed by atoms with Crippen LogP contribution in [-0.2, 0) is 86.1 Å². The molecule has 0 amide bonds. The van der Waals surface area contributed by atoms with Gasteiger partial charge in [0, 0.05) is 70.8 Å². The van der Waals surface area contributed by atoms with E-state index in [1.165, 1.54) is 0 Å². The molecule has 32 valence electrons. The molecule has 0 fully saturated rings. The van der Waals surface area contributed by atoms with Gasteiger partial charge in [0.15, 0.2) is 0 Å². The van der Waals surface area contributed by atoms with E-state index < -0.39 is 0 Å². The maximum atomic E-state index is 3.88. The standard InChI is InChI=1S/BH2.Fe.Ni.W.Y/h1H2;;;;/q+1;;-1;;. The summed E-state index contributed by atoms with van der Waals surface area (Å²) >= 11 is 3.88. The van der Waals surface area contributed by atoms with Crippen molar-refractivity contribution >= 4 is 6.74 Å². The molecule has 0 N–H and O–H groups in total. The van der Waals surface area contributed by atoms with Gasteiger partial charge in [-0.2, -0.15) is 0 Å². The molecule has 0 atom stereocenters. The van der Waals surface area contributed by atoms with Crippen LogP contribution in [0.3, 0.4) is 0 Å². The van der Waals surface area contributed by atoms with Gasteiger partial charge >= 0.3 is 22.0 Å². The molecule has 5 heavy (non-hydrogen) atoms. The third-order valence-electron chi connectivity index (χ3n) is 0. The van der Waals surface area contributed by atoms with Gasteiger partial charge in [-0.15, -0.1) is 0 Å². The predicted octanol–water partition coefficient (Wildman–Crippen LogP) is -0.926. The molecule has 0 aromatic rings. The minimum absolute atomic E-state index is 0. The van der Waals surface area contributed by atoms with Crippen LogP contribution in [0.15, 0.2) is 0 Å². The van der Waals surface area contributed by atoms with Gasteiger partial charge in [-0.05, 0) is 0 Å². The Labute approximate surface area is 91.2 Å². The fourth-order valence-electron chi connectivity index (χ4n) is 0. The third kappa shape index (κ3) is 19.8. The van der Waals surface area contributed by atoms with Crippen LogP contribution in [0.2, 0.25) is 0 Å². The normalized spacial score (nSPS) is 1.20. The zero-order chi connectivity index (χ0) is 2.00. The second kappa shape index (κ2) is 28.7. The first kappa shape index (κ1) is 24.8. The van der Waals surface area contributed by atoms with Gasteiger partial charge < -0.3 is 0 Å². The van der Waals surface area contributed by atoms with Crippen LogP contribution in [0.4, 0.5) is 0 Å². The number of hydrogen-bond donors (Lipinski definition) is 0. The van der Waals surface area contributed by atoms with Crippen LogP contribution < -0.4 is 0 Å². The maximum Gasteiger partial charge on any atom is 0 e. The van der Waals surface area contributed by atoms with Crippen LogP contribution in [-0.4, -0.2) is 6.74 Å². The zero-order valence-corrected chi connectivity index (χ0v) is 10.5. The van der Waals surface area contributed by atoms with E-state index in [1.54, 1.807) is 6.74 Å². The van der Waals surface area contributed by atoms with Gasteiger partial charge in [0.05, 0.1) is 0 Å². The van der Waals surface area contributed by atoms with E-state index in [0.29, 0.717) is 0 Å². The van der Waals surface area contributed by atoms with Gasteiger partial charge in [-0.25, -0.2) is 0 Å². The summed E-state index contributed by atoms with van der Waals surface area (Å²) in [4.78, 5) is 0. The fraction of sp³-hybridized carbons (Fsp3) is 0. The zero-order valence-electron chi connectivity index (χ0n) is 2.66. The van der Waals surface area contributed by atoms with Crippen molar-refractivity contribution in [2.24, 2.45) is 0 Å². The van der Waals surface area contributed by atoms with E-state index in [4.69, 9.17) is 0 Å². The molecule has 0 unspecified atom stereocenters. The Morgan fingerprint density at radius 3 is 1.20 bits per heavy atom. The van der Waals surface area contributed by atoms with Gasteiger partial charge in [0.1, 0.15) is 0 Å². The molecule has 0 saturated heterocycles. The Morgan fingerprint density at radius 1 is 1.20 bits per heavy atom. The van der Waals surface area contributed by atoms with Gasteiger partial charge in [-0.3, -0.25) is 0 Å². The van der Waals surface area contributed by atoms with E-state index in [1.807, 2.05) is 0 Å². The van der Waals surface area contributed by atoms with E-state index in [0.717, 1.165) is 0 Å². The summed E-state index contributed by atoms with van der Waals surface area (Å²) in [5.41, 5.74) is 0. The molecule has 0 aliphatic carbocycles. The summed E-state index contributed by atoms with van der Waals surface area (Å²) in [5, 5.41) is 0. The Balaban J connectivity index is -0.00000000167. The quantitative estimate of drug-likeness (QED) is 0.462. The number of hydrogen-bond acceptors (Lipinski definition) is 0. The second-order valence-corrected chi connectivity index (χ2v) is 0. The smallest absolute Gasteiger partial charge is 0 e. The first-order valence-electron chi connectivity index (χ1n) is 0.316. The van der Waals surface area contributed by atoms with Gasteiger partial charge in [0.2, 0.25) is 0 Å². The summed E-state index contributed by atoms with van der Waals surface area (Å²) in [6.07, 6.45) is 0. The van der Waals surface area contributed by atoms with Crippen LogP contribution in [0.25, 0.3) is 0 Å². The summed E-state index contributed by atoms with van der Waals surface area (Å²) in [6, 6.07) is 0. The van der Waals surface area contributed by atoms with Crippen molar-refractivity contribution < 1.29 is 86.1 Å². The summed E-state index contributed by atoms with van der Waals surface area (Å²) < 4.78 is 0. The van der Waals surface area contributed by atoms with Crippen LogP contribution in [0.5, 0.6) is 0 Å². The SMILES string of the molecule is [BH2][Ni].[Fe].[W].[Y]. The molecule has 0 aliphatic rings. The average molecular weight is 400 g/mol. The Hall–Kier alpha value is 2.87. The van der Waals surface area contributed by atoms with Crippen molar-refractivity contribution in [3.63, 3.8) is 0 Å². The predicted molar refractivity (Wildman–Crippen MR) is 8.54 cm³/mol. The molecule has 0 rings (SSSR count). The minimum Gasteiger partial charge on any atom is 0 e. The van der Waals surface area contributed by atoms with E-state index in [9.17, 15) is 0 Å². The topological polar surface area (TPSA) is 0 Å². The molecular weight excluding hydrogens is 398 g/mol. The Kier molecular flexibility index (Phi) is 143. The molecule has 1 radical (unpaired) electrons. The maximum absolute atomic E-state index is 3.88. The Morgan fingerprint density at radius 2 is 1.20 bits per heavy atom. The molecule has 0 aromatic heterocycles. The van der Waals surface area contributed by atoms with Gasteiger partial charge in [-0.1, -0.05) is 0 Å². The van der Waals surface area contributed by atoms with E-state index >= 15 is 0 Å². The van der Waals surface area contributed by atoms with Crippen LogP contribution in [0, 0.1) is 0 Å². The largest absolute Gasteiger partial charge is 0 e. The van der Waals surface area contributed by atoms with Crippen LogP contribution >= 0.6 is 0 Å². The first-order valence-corrected chi connectivity index (χ1v) is 1.30. The van der Waals surface area contributed by atoms with Crippen molar-refractivity contribution in [2.75, 3.05) is 0 Å².